The summed E-state index contributed by atoms with van der Waals surface area (Å²) >= 11 is 0. The minimum Gasteiger partial charge on any atom is -0.495 e. The van der Waals surface area contributed by atoms with Crippen LogP contribution in [-0.4, -0.2) is 34.6 Å². The van der Waals surface area contributed by atoms with Gasteiger partial charge in [-0.3, -0.25) is 9.10 Å². The van der Waals surface area contributed by atoms with E-state index in [-0.39, 0.29) is 17.1 Å². The number of para-hydroxylation sites is 2. The average Bonchev–Trinajstić information content (AvgIpc) is 2.80. The number of rotatable bonds is 9. The van der Waals surface area contributed by atoms with Crippen molar-refractivity contribution in [1.29, 1.82) is 0 Å². The minimum absolute atomic E-state index is 0.0393. The van der Waals surface area contributed by atoms with E-state index >= 15 is 0 Å². The van der Waals surface area contributed by atoms with Gasteiger partial charge in [0.2, 0.25) is 0 Å². The van der Waals surface area contributed by atoms with E-state index in [1.165, 1.54) is 29.6 Å². The Bertz CT molecular complexity index is 1180. The van der Waals surface area contributed by atoms with Crippen LogP contribution in [0, 0.1) is 0 Å². The first kappa shape index (κ1) is 23.1. The zero-order valence-corrected chi connectivity index (χ0v) is 19.1. The molecule has 0 bridgehead atoms. The molecule has 3 aromatic rings. The van der Waals surface area contributed by atoms with Crippen molar-refractivity contribution in [2.24, 2.45) is 0 Å². The molecule has 3 aromatic carbocycles. The molecule has 1 N–H and O–H groups in total. The van der Waals surface area contributed by atoms with Crippen LogP contribution >= 0.6 is 0 Å². The number of amides is 1. The Morgan fingerprint density at radius 1 is 0.938 bits per heavy atom. The number of ether oxygens (including phenoxy) is 2. The second kappa shape index (κ2) is 10.2. The molecule has 0 spiro atoms. The predicted molar refractivity (Wildman–Crippen MR) is 125 cm³/mol. The van der Waals surface area contributed by atoms with Crippen molar-refractivity contribution >= 4 is 27.3 Å². The number of methoxy groups -OCH3 is 1. The molecule has 0 saturated carbocycles. The third-order valence-corrected chi connectivity index (χ3v) is 6.67. The van der Waals surface area contributed by atoms with Gasteiger partial charge in [-0.15, -0.1) is 0 Å². The Kier molecular flexibility index (Phi) is 7.37. The summed E-state index contributed by atoms with van der Waals surface area (Å²) in [7, 11) is -2.41. The molecule has 0 heterocycles. The first-order chi connectivity index (χ1) is 15.4. The van der Waals surface area contributed by atoms with E-state index in [2.05, 4.69) is 5.32 Å². The van der Waals surface area contributed by atoms with Gasteiger partial charge in [-0.2, -0.15) is 0 Å². The second-order valence-electron chi connectivity index (χ2n) is 6.75. The number of nitrogens with zero attached hydrogens (tertiary/aromatic N) is 1. The SMILES string of the molecule is CCOc1ccccc1C(=O)Nc1cc(S(=O)(=O)N(CC)c2ccccc2)ccc1OC. The Morgan fingerprint density at radius 3 is 2.28 bits per heavy atom. The fourth-order valence-electron chi connectivity index (χ4n) is 3.28. The monoisotopic (exact) mass is 454 g/mol. The summed E-state index contributed by atoms with van der Waals surface area (Å²) in [5, 5.41) is 2.76. The molecule has 8 heteroatoms. The fraction of sp³-hybridized carbons (Fsp3) is 0.208. The van der Waals surface area contributed by atoms with Crippen LogP contribution < -0.4 is 19.1 Å². The highest BCUT2D eigenvalue weighted by Gasteiger charge is 2.25. The lowest BCUT2D eigenvalue weighted by molar-refractivity contribution is 0.102. The quantitative estimate of drug-likeness (QED) is 0.512. The third kappa shape index (κ3) is 4.86. The van der Waals surface area contributed by atoms with Crippen LogP contribution in [0.3, 0.4) is 0 Å². The molecule has 0 aliphatic heterocycles. The number of sulfonamides is 1. The van der Waals surface area contributed by atoms with Gasteiger partial charge in [0, 0.05) is 6.54 Å². The van der Waals surface area contributed by atoms with E-state index in [1.807, 2.05) is 13.0 Å². The fourth-order valence-corrected chi connectivity index (χ4v) is 4.78. The third-order valence-electron chi connectivity index (χ3n) is 4.77. The molecular weight excluding hydrogens is 428 g/mol. The van der Waals surface area contributed by atoms with Crippen molar-refractivity contribution in [3.05, 3.63) is 78.4 Å². The van der Waals surface area contributed by atoms with Gasteiger partial charge in [-0.05, 0) is 56.3 Å². The molecule has 0 saturated heterocycles. The van der Waals surface area contributed by atoms with Gasteiger partial charge in [0.05, 0.1) is 35.6 Å². The first-order valence-electron chi connectivity index (χ1n) is 10.2. The van der Waals surface area contributed by atoms with Gasteiger partial charge >= 0.3 is 0 Å². The molecule has 32 heavy (non-hydrogen) atoms. The molecule has 7 nitrogen and oxygen atoms in total. The van der Waals surface area contributed by atoms with E-state index in [0.29, 0.717) is 29.4 Å². The van der Waals surface area contributed by atoms with Gasteiger partial charge in [-0.25, -0.2) is 8.42 Å². The van der Waals surface area contributed by atoms with Gasteiger partial charge < -0.3 is 14.8 Å². The molecule has 0 atom stereocenters. The molecule has 0 fully saturated rings. The topological polar surface area (TPSA) is 84.9 Å². The van der Waals surface area contributed by atoms with Crippen LogP contribution in [0.5, 0.6) is 11.5 Å². The van der Waals surface area contributed by atoms with Crippen LogP contribution in [0.1, 0.15) is 24.2 Å². The van der Waals surface area contributed by atoms with Crippen molar-refractivity contribution in [2.45, 2.75) is 18.7 Å². The molecule has 0 unspecified atom stereocenters. The summed E-state index contributed by atoms with van der Waals surface area (Å²) in [6.07, 6.45) is 0. The van der Waals surface area contributed by atoms with Crippen molar-refractivity contribution in [3.8, 4) is 11.5 Å². The van der Waals surface area contributed by atoms with Gasteiger partial charge in [0.25, 0.3) is 15.9 Å². The van der Waals surface area contributed by atoms with Crippen LogP contribution in [-0.2, 0) is 10.0 Å². The van der Waals surface area contributed by atoms with E-state index in [9.17, 15) is 13.2 Å². The zero-order valence-electron chi connectivity index (χ0n) is 18.2. The van der Waals surface area contributed by atoms with Crippen molar-refractivity contribution in [3.63, 3.8) is 0 Å². The smallest absolute Gasteiger partial charge is 0.264 e. The largest absolute Gasteiger partial charge is 0.495 e. The van der Waals surface area contributed by atoms with Crippen LogP contribution in [0.2, 0.25) is 0 Å². The lowest BCUT2D eigenvalue weighted by Gasteiger charge is -2.23. The number of hydrogen-bond donors (Lipinski definition) is 1. The zero-order chi connectivity index (χ0) is 23.1. The maximum atomic E-state index is 13.4. The number of carbonyl (C=O) groups excluding carboxylic acids is 1. The number of nitrogens with one attached hydrogen (secondary N) is 1. The first-order valence-corrected chi connectivity index (χ1v) is 11.6. The normalized spacial score (nSPS) is 11.0. The van der Waals surface area contributed by atoms with Crippen LogP contribution in [0.4, 0.5) is 11.4 Å². The number of carbonyl (C=O) groups is 1. The molecule has 0 aliphatic rings. The summed E-state index contributed by atoms with van der Waals surface area (Å²) in [5.41, 5.74) is 1.14. The van der Waals surface area contributed by atoms with Gasteiger partial charge in [-0.1, -0.05) is 30.3 Å². The maximum absolute atomic E-state index is 13.4. The summed E-state index contributed by atoms with van der Waals surface area (Å²) < 4.78 is 38.9. The summed E-state index contributed by atoms with van der Waals surface area (Å²) in [6.45, 7) is 4.26. The Morgan fingerprint density at radius 2 is 1.62 bits per heavy atom. The molecular formula is C24H26N2O5S. The van der Waals surface area contributed by atoms with Crippen LogP contribution in [0.25, 0.3) is 0 Å². The summed E-state index contributed by atoms with van der Waals surface area (Å²) in [6, 6.07) is 20.1. The Labute approximate surface area is 188 Å². The second-order valence-corrected chi connectivity index (χ2v) is 8.61. The Balaban J connectivity index is 1.98. The molecule has 168 valence electrons. The highest BCUT2D eigenvalue weighted by molar-refractivity contribution is 7.92. The average molecular weight is 455 g/mol. The predicted octanol–water partition coefficient (Wildman–Crippen LogP) is 4.56. The van der Waals surface area contributed by atoms with E-state index in [4.69, 9.17) is 9.47 Å². The van der Waals surface area contributed by atoms with Crippen molar-refractivity contribution < 1.29 is 22.7 Å². The minimum atomic E-state index is -3.87. The number of hydrogen-bond acceptors (Lipinski definition) is 5. The molecule has 1 amide bonds. The van der Waals surface area contributed by atoms with Crippen LogP contribution in [0.15, 0.2) is 77.7 Å². The van der Waals surface area contributed by atoms with Crippen molar-refractivity contribution in [2.75, 3.05) is 29.9 Å². The lowest BCUT2D eigenvalue weighted by Crippen LogP contribution is -2.30. The van der Waals surface area contributed by atoms with Crippen molar-refractivity contribution in [1.82, 2.24) is 0 Å². The highest BCUT2D eigenvalue weighted by atomic mass is 32.2. The molecule has 0 aromatic heterocycles. The molecule has 0 aliphatic carbocycles. The van der Waals surface area contributed by atoms with E-state index in [0.717, 1.165) is 0 Å². The summed E-state index contributed by atoms with van der Waals surface area (Å²) in [5.74, 6) is 0.350. The molecule has 0 radical (unpaired) electrons. The number of benzene rings is 3. The summed E-state index contributed by atoms with van der Waals surface area (Å²) in [4.78, 5) is 13.0. The standard InChI is InChI=1S/C24H26N2O5S/c1-4-26(18-11-7-6-8-12-18)32(28,29)19-15-16-23(30-3)21(17-19)25-24(27)20-13-9-10-14-22(20)31-5-2/h6-17H,4-5H2,1-3H3,(H,25,27). The lowest BCUT2D eigenvalue weighted by atomic mass is 10.1. The molecule has 3 rings (SSSR count). The van der Waals surface area contributed by atoms with E-state index < -0.39 is 15.9 Å². The highest BCUT2D eigenvalue weighted by Crippen LogP contribution is 2.31. The number of anilines is 2. The van der Waals surface area contributed by atoms with Gasteiger partial charge in [0.15, 0.2) is 0 Å². The Hall–Kier alpha value is -3.52. The van der Waals surface area contributed by atoms with E-state index in [1.54, 1.807) is 55.5 Å². The van der Waals surface area contributed by atoms with Gasteiger partial charge in [0.1, 0.15) is 11.5 Å². The maximum Gasteiger partial charge on any atom is 0.264 e.